The quantitative estimate of drug-likeness (QED) is 0.0595. The smallest absolute Gasteiger partial charge is 0.169 e. The van der Waals surface area contributed by atoms with Gasteiger partial charge in [-0.3, -0.25) is 0 Å². The number of nitrogens with two attached hydrogens (primary N) is 1. The monoisotopic (exact) mass is 630 g/mol. The lowest BCUT2D eigenvalue weighted by atomic mass is 9.94. The van der Waals surface area contributed by atoms with Crippen molar-refractivity contribution in [1.29, 1.82) is 0 Å². The summed E-state index contributed by atoms with van der Waals surface area (Å²) in [6, 6.07) is 0. The zero-order chi connectivity index (χ0) is 32.7. The predicted octanol–water partition coefficient (Wildman–Crippen LogP) is 13.3. The summed E-state index contributed by atoms with van der Waals surface area (Å²) < 4.78 is 13.0. The molecule has 0 aromatic rings. The number of allylic oxidation sites excluding steroid dienone is 6. The Morgan fingerprint density at radius 2 is 1.02 bits per heavy atom. The van der Waals surface area contributed by atoms with Crippen molar-refractivity contribution in [2.75, 3.05) is 13.2 Å². The predicted molar refractivity (Wildman–Crippen MR) is 200 cm³/mol. The summed E-state index contributed by atoms with van der Waals surface area (Å²) in [5, 5.41) is 0. The minimum atomic E-state index is -0.409. The van der Waals surface area contributed by atoms with E-state index < -0.39 is 5.79 Å². The highest BCUT2D eigenvalue weighted by molar-refractivity contribution is 4.93. The van der Waals surface area contributed by atoms with Gasteiger partial charge in [0, 0.05) is 19.4 Å². The van der Waals surface area contributed by atoms with Crippen molar-refractivity contribution < 1.29 is 9.47 Å². The Bertz CT molecular complexity index is 730. The van der Waals surface area contributed by atoms with Crippen LogP contribution in [0.5, 0.6) is 0 Å². The van der Waals surface area contributed by atoms with Crippen LogP contribution in [0, 0.1) is 5.92 Å². The molecule has 3 heteroatoms. The highest BCUT2D eigenvalue weighted by atomic mass is 16.8. The second kappa shape index (κ2) is 29.3. The van der Waals surface area contributed by atoms with E-state index in [1.807, 2.05) is 0 Å². The lowest BCUT2D eigenvalue weighted by Crippen LogP contribution is -2.40. The normalized spacial score (nSPS) is 21.3. The minimum absolute atomic E-state index is 0.325. The molecule has 45 heavy (non-hydrogen) atoms. The summed E-state index contributed by atoms with van der Waals surface area (Å²) in [4.78, 5) is 0. The summed E-state index contributed by atoms with van der Waals surface area (Å²) in [7, 11) is 0. The SMILES string of the molecule is CCCCCC=CCC=CCCCCCCCCC1(CCCCC(C)CCCC=CCCCCCCCC)OCC(C)(CN)O1. The zero-order valence-electron chi connectivity index (χ0n) is 30.9. The molecule has 0 radical (unpaired) electrons. The fourth-order valence-corrected chi connectivity index (χ4v) is 6.54. The maximum Gasteiger partial charge on any atom is 0.169 e. The van der Waals surface area contributed by atoms with Gasteiger partial charge in [0.15, 0.2) is 5.79 Å². The van der Waals surface area contributed by atoms with Gasteiger partial charge in [-0.2, -0.15) is 0 Å². The largest absolute Gasteiger partial charge is 0.347 e. The molecule has 1 saturated heterocycles. The Balaban J connectivity index is 2.14. The first-order chi connectivity index (χ1) is 22.0. The highest BCUT2D eigenvalue weighted by Crippen LogP contribution is 2.39. The van der Waals surface area contributed by atoms with Crippen LogP contribution < -0.4 is 5.73 Å². The van der Waals surface area contributed by atoms with Gasteiger partial charge in [-0.05, 0) is 83.5 Å². The Kier molecular flexibility index (Phi) is 27.4. The number of hydrogen-bond acceptors (Lipinski definition) is 3. The molecule has 0 aliphatic carbocycles. The molecular weight excluding hydrogens is 550 g/mol. The molecule has 1 aliphatic rings. The summed E-state index contributed by atoms with van der Waals surface area (Å²) in [6.07, 6.45) is 48.9. The average Bonchev–Trinajstić information content (AvgIpc) is 3.38. The summed E-state index contributed by atoms with van der Waals surface area (Å²) in [5.41, 5.74) is 5.75. The number of unbranched alkanes of at least 4 members (excludes halogenated alkanes) is 17. The molecule has 0 bridgehead atoms. The van der Waals surface area contributed by atoms with Gasteiger partial charge in [0.2, 0.25) is 0 Å². The van der Waals surface area contributed by atoms with Crippen LogP contribution in [0.1, 0.15) is 201 Å². The van der Waals surface area contributed by atoms with Gasteiger partial charge >= 0.3 is 0 Å². The van der Waals surface area contributed by atoms with Crippen LogP contribution in [0.2, 0.25) is 0 Å². The fourth-order valence-electron chi connectivity index (χ4n) is 6.54. The Hall–Kier alpha value is -0.900. The Morgan fingerprint density at radius 3 is 1.60 bits per heavy atom. The highest BCUT2D eigenvalue weighted by Gasteiger charge is 2.46. The van der Waals surface area contributed by atoms with E-state index in [9.17, 15) is 0 Å². The van der Waals surface area contributed by atoms with E-state index in [-0.39, 0.29) is 5.60 Å². The Labute approximate surface area is 282 Å². The third-order valence-electron chi connectivity index (χ3n) is 9.73. The minimum Gasteiger partial charge on any atom is -0.347 e. The molecular formula is C42H79NO2. The molecule has 1 heterocycles. The zero-order valence-corrected chi connectivity index (χ0v) is 30.9. The fraction of sp³-hybridized carbons (Fsp3) is 0.857. The van der Waals surface area contributed by atoms with Crippen LogP contribution in [0.15, 0.2) is 36.5 Å². The number of rotatable bonds is 32. The molecule has 0 amide bonds. The van der Waals surface area contributed by atoms with Crippen LogP contribution in [-0.2, 0) is 9.47 Å². The topological polar surface area (TPSA) is 44.5 Å². The van der Waals surface area contributed by atoms with Gasteiger partial charge in [-0.15, -0.1) is 0 Å². The van der Waals surface area contributed by atoms with Crippen molar-refractivity contribution in [3.8, 4) is 0 Å². The van der Waals surface area contributed by atoms with E-state index in [1.54, 1.807) is 0 Å². The van der Waals surface area contributed by atoms with Crippen LogP contribution in [-0.4, -0.2) is 24.5 Å². The van der Waals surface area contributed by atoms with E-state index in [4.69, 9.17) is 15.2 Å². The molecule has 3 nitrogen and oxygen atoms in total. The van der Waals surface area contributed by atoms with Crippen LogP contribution in [0.3, 0.4) is 0 Å². The van der Waals surface area contributed by atoms with Crippen LogP contribution >= 0.6 is 0 Å². The second-order valence-corrected chi connectivity index (χ2v) is 14.6. The van der Waals surface area contributed by atoms with Gasteiger partial charge in [-0.1, -0.05) is 147 Å². The molecule has 264 valence electrons. The van der Waals surface area contributed by atoms with Gasteiger partial charge in [0.05, 0.1) is 6.61 Å². The van der Waals surface area contributed by atoms with Crippen molar-refractivity contribution in [1.82, 2.24) is 0 Å². The second-order valence-electron chi connectivity index (χ2n) is 14.6. The molecule has 0 aromatic carbocycles. The first-order valence-corrected chi connectivity index (χ1v) is 20.0. The first kappa shape index (κ1) is 42.1. The summed E-state index contributed by atoms with van der Waals surface area (Å²) in [6.45, 7) is 10.3. The molecule has 0 spiro atoms. The summed E-state index contributed by atoms with van der Waals surface area (Å²) in [5.74, 6) is 0.396. The van der Waals surface area contributed by atoms with Gasteiger partial charge in [0.1, 0.15) is 5.60 Å². The van der Waals surface area contributed by atoms with Gasteiger partial charge in [-0.25, -0.2) is 0 Å². The maximum absolute atomic E-state index is 6.59. The van der Waals surface area contributed by atoms with Gasteiger partial charge in [0.25, 0.3) is 0 Å². The molecule has 1 fully saturated rings. The van der Waals surface area contributed by atoms with Crippen molar-refractivity contribution in [3.63, 3.8) is 0 Å². The first-order valence-electron chi connectivity index (χ1n) is 20.0. The average molecular weight is 630 g/mol. The molecule has 3 atom stereocenters. The van der Waals surface area contributed by atoms with Crippen molar-refractivity contribution >= 4 is 0 Å². The van der Waals surface area contributed by atoms with E-state index in [2.05, 4.69) is 64.2 Å². The van der Waals surface area contributed by atoms with E-state index >= 15 is 0 Å². The number of ether oxygens (including phenoxy) is 2. The van der Waals surface area contributed by atoms with E-state index in [0.717, 1.165) is 25.2 Å². The van der Waals surface area contributed by atoms with E-state index in [0.29, 0.717) is 13.2 Å². The molecule has 2 N–H and O–H groups in total. The third kappa shape index (κ3) is 24.0. The number of hydrogen-bond donors (Lipinski definition) is 1. The molecule has 0 aromatic heterocycles. The molecule has 0 saturated carbocycles. The summed E-state index contributed by atoms with van der Waals surface area (Å²) >= 11 is 0. The molecule has 1 aliphatic heterocycles. The van der Waals surface area contributed by atoms with Gasteiger partial charge < -0.3 is 15.2 Å². The van der Waals surface area contributed by atoms with Crippen molar-refractivity contribution in [2.45, 2.75) is 212 Å². The third-order valence-corrected chi connectivity index (χ3v) is 9.73. The van der Waals surface area contributed by atoms with Crippen molar-refractivity contribution in [2.24, 2.45) is 11.7 Å². The van der Waals surface area contributed by atoms with Crippen LogP contribution in [0.4, 0.5) is 0 Å². The van der Waals surface area contributed by atoms with Crippen molar-refractivity contribution in [3.05, 3.63) is 36.5 Å². The lowest BCUT2D eigenvalue weighted by molar-refractivity contribution is -0.193. The Morgan fingerprint density at radius 1 is 0.578 bits per heavy atom. The maximum atomic E-state index is 6.59. The lowest BCUT2D eigenvalue weighted by Gasteiger charge is -2.31. The molecule has 1 rings (SSSR count). The standard InChI is InChI=1S/C42H79NO2/c1-5-7-9-11-13-15-17-18-19-20-21-23-25-27-29-32-36-42(44-39-41(4,38-43)45-42)37-33-31-35-40(3)34-30-28-26-24-22-16-14-12-10-8-6-2/h13,15,18-19,24,26,40H,5-12,14,16-17,20-23,25,27-39,43H2,1-4H3. The molecule has 3 unspecified atom stereocenters. The van der Waals surface area contributed by atoms with Crippen LogP contribution in [0.25, 0.3) is 0 Å². The van der Waals surface area contributed by atoms with E-state index in [1.165, 1.54) is 154 Å².